The number of benzene rings is 1. The zero-order valence-electron chi connectivity index (χ0n) is 16.5. The van der Waals surface area contributed by atoms with Gasteiger partial charge in [0.25, 0.3) is 0 Å². The fraction of sp³-hybridized carbons (Fsp3) is 0.600. The number of nitrogens with zero attached hydrogens (tertiary/aromatic N) is 2. The number of anilines is 1. The van der Waals surface area contributed by atoms with Crippen molar-refractivity contribution in [3.05, 3.63) is 24.3 Å². The summed E-state index contributed by atoms with van der Waals surface area (Å²) in [6.45, 7) is 4.79. The summed E-state index contributed by atoms with van der Waals surface area (Å²) in [5.41, 5.74) is 0.827. The first-order valence-electron chi connectivity index (χ1n) is 9.94. The number of ether oxygens (including phenoxy) is 1. The maximum atomic E-state index is 12.3. The topological polar surface area (TPSA) is 76.0 Å². The largest absolute Gasteiger partial charge is 0.494 e. The first-order chi connectivity index (χ1) is 13.4. The zero-order chi connectivity index (χ0) is 20.1. The summed E-state index contributed by atoms with van der Waals surface area (Å²) < 4.78 is 30.1. The summed E-state index contributed by atoms with van der Waals surface area (Å²) in [5.74, 6) is 0.825. The van der Waals surface area contributed by atoms with Crippen LogP contribution in [0.15, 0.2) is 29.3 Å². The molecule has 0 saturated carbocycles. The number of hydrogen-bond donors (Lipinski definition) is 0. The number of hydrogen-bond acceptors (Lipinski definition) is 5. The lowest BCUT2D eigenvalue weighted by Crippen LogP contribution is -2.37. The Bertz CT molecular complexity index is 838. The molecule has 2 aliphatic rings. The lowest BCUT2D eigenvalue weighted by Gasteiger charge is -2.25. The highest BCUT2D eigenvalue weighted by molar-refractivity contribution is 8.16. The van der Waals surface area contributed by atoms with Crippen LogP contribution in [0.2, 0.25) is 0 Å². The second kappa shape index (κ2) is 9.31. The molecule has 0 spiro atoms. The Kier molecular flexibility index (Phi) is 7.04. The van der Waals surface area contributed by atoms with Gasteiger partial charge in [0.2, 0.25) is 5.91 Å². The van der Waals surface area contributed by atoms with Gasteiger partial charge in [0.15, 0.2) is 15.0 Å². The Morgan fingerprint density at radius 1 is 1.25 bits per heavy atom. The van der Waals surface area contributed by atoms with Crippen LogP contribution >= 0.6 is 11.8 Å². The summed E-state index contributed by atoms with van der Waals surface area (Å²) in [7, 11) is -3.07. The Balaban J connectivity index is 1.87. The van der Waals surface area contributed by atoms with Crippen molar-refractivity contribution in [3.63, 3.8) is 0 Å². The fourth-order valence-electron chi connectivity index (χ4n) is 3.41. The first-order valence-corrected chi connectivity index (χ1v) is 12.6. The molecule has 2 atom stereocenters. The minimum Gasteiger partial charge on any atom is -0.494 e. The highest BCUT2D eigenvalue weighted by Crippen LogP contribution is 2.41. The average molecular weight is 425 g/mol. The number of carbonyl (C=O) groups excluding carboxylic acids is 1. The fourth-order valence-corrected chi connectivity index (χ4v) is 7.35. The van der Waals surface area contributed by atoms with Gasteiger partial charge in [-0.05, 0) is 25.0 Å². The van der Waals surface area contributed by atoms with Gasteiger partial charge in [-0.3, -0.25) is 4.79 Å². The molecule has 0 radical (unpaired) electrons. The second-order valence-electron chi connectivity index (χ2n) is 7.26. The van der Waals surface area contributed by atoms with Crippen molar-refractivity contribution in [1.82, 2.24) is 0 Å². The molecule has 1 aromatic carbocycles. The van der Waals surface area contributed by atoms with E-state index in [1.807, 2.05) is 36.1 Å². The van der Waals surface area contributed by atoms with Crippen LogP contribution in [0.25, 0.3) is 0 Å². The van der Waals surface area contributed by atoms with Crippen molar-refractivity contribution in [1.29, 1.82) is 0 Å². The number of rotatable bonds is 8. The zero-order valence-corrected chi connectivity index (χ0v) is 18.1. The van der Waals surface area contributed by atoms with Gasteiger partial charge in [-0.15, -0.1) is 0 Å². The van der Waals surface area contributed by atoms with E-state index in [1.165, 1.54) is 11.8 Å². The van der Waals surface area contributed by atoms with E-state index < -0.39 is 9.84 Å². The van der Waals surface area contributed by atoms with Crippen LogP contribution in [0, 0.1) is 0 Å². The number of carbonyl (C=O) groups is 1. The number of aliphatic imine (C=N–C) groups is 1. The van der Waals surface area contributed by atoms with Gasteiger partial charge < -0.3 is 9.64 Å². The van der Waals surface area contributed by atoms with Crippen molar-refractivity contribution < 1.29 is 17.9 Å². The highest BCUT2D eigenvalue weighted by atomic mass is 32.2. The van der Waals surface area contributed by atoms with Gasteiger partial charge in [0.1, 0.15) is 5.75 Å². The maximum absolute atomic E-state index is 12.3. The summed E-state index contributed by atoms with van der Waals surface area (Å²) in [6.07, 6.45) is 4.20. The SMILES string of the molecule is CCCCOc1cccc(N2C(=NC(=O)CCCC)S[C@H]3CS(=O)(=O)C[C@@H]32)c1. The van der Waals surface area contributed by atoms with Crippen LogP contribution in [0.3, 0.4) is 0 Å². The first kappa shape index (κ1) is 21.2. The molecule has 0 unspecified atom stereocenters. The Labute approximate surface area is 171 Å². The number of sulfone groups is 1. The van der Waals surface area contributed by atoms with E-state index in [-0.39, 0.29) is 28.7 Å². The normalized spacial score (nSPS) is 24.5. The van der Waals surface area contributed by atoms with E-state index in [1.54, 1.807) is 0 Å². The van der Waals surface area contributed by atoms with Crippen LogP contribution in [-0.2, 0) is 14.6 Å². The summed E-state index contributed by atoms with van der Waals surface area (Å²) in [4.78, 5) is 18.5. The van der Waals surface area contributed by atoms with Crippen molar-refractivity contribution in [3.8, 4) is 5.75 Å². The van der Waals surface area contributed by atoms with Crippen LogP contribution in [0.4, 0.5) is 5.69 Å². The molecule has 0 aromatic heterocycles. The van der Waals surface area contributed by atoms with Gasteiger partial charge in [-0.1, -0.05) is 44.5 Å². The molecule has 0 N–H and O–H groups in total. The van der Waals surface area contributed by atoms with E-state index in [4.69, 9.17) is 4.74 Å². The van der Waals surface area contributed by atoms with E-state index in [9.17, 15) is 13.2 Å². The van der Waals surface area contributed by atoms with E-state index in [2.05, 4.69) is 11.9 Å². The minimum absolute atomic E-state index is 0.0904. The third-order valence-electron chi connectivity index (χ3n) is 4.89. The Morgan fingerprint density at radius 2 is 2.04 bits per heavy atom. The molecule has 2 saturated heterocycles. The number of unbranched alkanes of at least 4 members (excludes halogenated alkanes) is 2. The Morgan fingerprint density at radius 3 is 2.79 bits per heavy atom. The van der Waals surface area contributed by atoms with Crippen LogP contribution in [0.5, 0.6) is 5.75 Å². The minimum atomic E-state index is -3.07. The number of fused-ring (bicyclic) bond motifs is 1. The van der Waals surface area contributed by atoms with Crippen LogP contribution in [-0.4, -0.2) is 48.9 Å². The third-order valence-corrected chi connectivity index (χ3v) is 8.10. The van der Waals surface area contributed by atoms with Gasteiger partial charge >= 0.3 is 0 Å². The lowest BCUT2D eigenvalue weighted by atomic mass is 10.2. The molecule has 2 fully saturated rings. The summed E-state index contributed by atoms with van der Waals surface area (Å²) in [6, 6.07) is 7.43. The van der Waals surface area contributed by atoms with Crippen molar-refractivity contribution in [2.45, 2.75) is 57.2 Å². The molecule has 2 aliphatic heterocycles. The van der Waals surface area contributed by atoms with Crippen LogP contribution < -0.4 is 9.64 Å². The smallest absolute Gasteiger partial charge is 0.248 e. The van der Waals surface area contributed by atoms with Crippen molar-refractivity contribution >= 4 is 38.4 Å². The average Bonchev–Trinajstić information content (AvgIpc) is 3.11. The van der Waals surface area contributed by atoms with Gasteiger partial charge in [-0.2, -0.15) is 4.99 Å². The van der Waals surface area contributed by atoms with E-state index >= 15 is 0 Å². The Hall–Kier alpha value is -1.54. The molecular formula is C20H28N2O4S2. The van der Waals surface area contributed by atoms with E-state index in [0.717, 1.165) is 37.1 Å². The molecule has 154 valence electrons. The molecule has 28 heavy (non-hydrogen) atoms. The van der Waals surface area contributed by atoms with Crippen molar-refractivity contribution in [2.24, 2.45) is 4.99 Å². The maximum Gasteiger partial charge on any atom is 0.248 e. The molecule has 0 bridgehead atoms. The second-order valence-corrected chi connectivity index (χ2v) is 10.6. The standard InChI is InChI=1S/C20H28N2O4S2/c1-3-5-10-19(23)21-20-22(17-13-28(24,25)14-18(17)27-20)15-8-7-9-16(12-15)26-11-6-4-2/h7-9,12,17-18H,3-6,10-11,13-14H2,1-2H3/t17-,18-/m0/s1. The summed E-state index contributed by atoms with van der Waals surface area (Å²) >= 11 is 1.41. The van der Waals surface area contributed by atoms with Gasteiger partial charge in [0, 0.05) is 23.4 Å². The molecule has 0 aliphatic carbocycles. The van der Waals surface area contributed by atoms with E-state index in [0.29, 0.717) is 18.2 Å². The van der Waals surface area contributed by atoms with Gasteiger partial charge in [-0.25, -0.2) is 8.42 Å². The lowest BCUT2D eigenvalue weighted by molar-refractivity contribution is -0.117. The summed E-state index contributed by atoms with van der Waals surface area (Å²) in [5, 5.41) is 0.518. The monoisotopic (exact) mass is 424 g/mol. The molecule has 2 heterocycles. The molecule has 1 amide bonds. The molecule has 1 aromatic rings. The number of amidine groups is 1. The number of thioether (sulfide) groups is 1. The highest BCUT2D eigenvalue weighted by Gasteiger charge is 2.49. The molecule has 8 heteroatoms. The predicted molar refractivity (Wildman–Crippen MR) is 115 cm³/mol. The van der Waals surface area contributed by atoms with Crippen LogP contribution in [0.1, 0.15) is 46.0 Å². The third kappa shape index (κ3) is 5.08. The molecule has 6 nitrogen and oxygen atoms in total. The molecular weight excluding hydrogens is 396 g/mol. The van der Waals surface area contributed by atoms with Gasteiger partial charge in [0.05, 0.1) is 24.2 Å². The van der Waals surface area contributed by atoms with Crippen molar-refractivity contribution in [2.75, 3.05) is 23.0 Å². The predicted octanol–water partition coefficient (Wildman–Crippen LogP) is 3.66. The number of amides is 1. The quantitative estimate of drug-likeness (QED) is 0.593. The molecule has 3 rings (SSSR count).